The van der Waals surface area contributed by atoms with Crippen LogP contribution in [0.4, 0.5) is 11.4 Å². The Kier molecular flexibility index (Phi) is 6.34. The van der Waals surface area contributed by atoms with Crippen molar-refractivity contribution in [3.63, 3.8) is 0 Å². The second-order valence-electron chi connectivity index (χ2n) is 7.29. The van der Waals surface area contributed by atoms with Gasteiger partial charge in [0.05, 0.1) is 5.57 Å². The van der Waals surface area contributed by atoms with Gasteiger partial charge in [-0.3, -0.25) is 14.5 Å². The number of nitrogens with zero attached hydrogens (tertiary/aromatic N) is 2. The lowest BCUT2D eigenvalue weighted by Crippen LogP contribution is -2.33. The van der Waals surface area contributed by atoms with E-state index in [0.717, 1.165) is 22.5 Å². The van der Waals surface area contributed by atoms with Crippen molar-refractivity contribution in [2.24, 2.45) is 0 Å². The van der Waals surface area contributed by atoms with Crippen molar-refractivity contribution < 1.29 is 14.3 Å². The van der Waals surface area contributed by atoms with Crippen LogP contribution >= 0.6 is 0 Å². The molecular formula is C23H27N3O3. The second kappa shape index (κ2) is 8.92. The number of methoxy groups -OCH3 is 1. The number of nitrogens with one attached hydrogen (secondary N) is 1. The number of benzene rings is 2. The molecule has 152 valence electrons. The number of hydrogen-bond acceptors (Lipinski definition) is 5. The molecule has 0 aromatic heterocycles. The molecule has 1 heterocycles. The number of amides is 2. The predicted molar refractivity (Wildman–Crippen MR) is 116 cm³/mol. The van der Waals surface area contributed by atoms with Gasteiger partial charge in [0.15, 0.2) is 0 Å². The maximum Gasteiger partial charge on any atom is 0.278 e. The number of carbonyl (C=O) groups is 2. The minimum atomic E-state index is -0.307. The summed E-state index contributed by atoms with van der Waals surface area (Å²) in [5.74, 6) is -0.583. The molecule has 6 nitrogen and oxygen atoms in total. The topological polar surface area (TPSA) is 61.9 Å². The molecule has 0 atom stereocenters. The van der Waals surface area contributed by atoms with Gasteiger partial charge >= 0.3 is 0 Å². The molecule has 0 fully saturated rings. The highest BCUT2D eigenvalue weighted by molar-refractivity contribution is 6.36. The third-order valence-corrected chi connectivity index (χ3v) is 4.89. The summed E-state index contributed by atoms with van der Waals surface area (Å²) >= 11 is 0. The molecule has 0 saturated heterocycles. The average molecular weight is 393 g/mol. The van der Waals surface area contributed by atoms with Crippen LogP contribution in [0.3, 0.4) is 0 Å². The van der Waals surface area contributed by atoms with Crippen LogP contribution in [-0.2, 0) is 14.3 Å². The molecule has 1 aliphatic heterocycles. The molecule has 0 spiro atoms. The third kappa shape index (κ3) is 4.49. The molecule has 2 amide bonds. The van der Waals surface area contributed by atoms with Crippen LogP contribution in [-0.4, -0.2) is 51.1 Å². The Labute approximate surface area is 171 Å². The maximum atomic E-state index is 13.1. The molecule has 0 bridgehead atoms. The van der Waals surface area contributed by atoms with Gasteiger partial charge in [-0.15, -0.1) is 0 Å². The SMILES string of the molecule is COCCCN1C(=O)C(Nc2ccc(N(C)C)cc2)=C(c2ccc(C)cc2)C1=O. The van der Waals surface area contributed by atoms with Crippen molar-refractivity contribution in [2.75, 3.05) is 44.6 Å². The summed E-state index contributed by atoms with van der Waals surface area (Å²) in [7, 11) is 5.54. The molecule has 0 radical (unpaired) electrons. The van der Waals surface area contributed by atoms with E-state index in [9.17, 15) is 9.59 Å². The van der Waals surface area contributed by atoms with Crippen molar-refractivity contribution in [3.8, 4) is 0 Å². The summed E-state index contributed by atoms with van der Waals surface area (Å²) in [5, 5.41) is 3.19. The normalized spacial score (nSPS) is 14.0. The van der Waals surface area contributed by atoms with Gasteiger partial charge < -0.3 is 15.0 Å². The van der Waals surface area contributed by atoms with Crippen LogP contribution in [0.2, 0.25) is 0 Å². The van der Waals surface area contributed by atoms with Crippen molar-refractivity contribution in [2.45, 2.75) is 13.3 Å². The van der Waals surface area contributed by atoms with Crippen LogP contribution in [0.15, 0.2) is 54.2 Å². The first-order valence-corrected chi connectivity index (χ1v) is 9.63. The maximum absolute atomic E-state index is 13.1. The standard InChI is InChI=1S/C23H27N3O3/c1-16-6-8-17(9-7-16)20-21(23(28)26(22(20)27)14-5-15-29-4)24-18-10-12-19(13-11-18)25(2)3/h6-13,24H,5,14-15H2,1-4H3. The Morgan fingerprint density at radius 1 is 0.966 bits per heavy atom. The molecule has 2 aromatic rings. The Morgan fingerprint density at radius 2 is 1.62 bits per heavy atom. The summed E-state index contributed by atoms with van der Waals surface area (Å²) in [6.45, 7) is 2.81. The van der Waals surface area contributed by atoms with Gasteiger partial charge in [-0.1, -0.05) is 29.8 Å². The molecular weight excluding hydrogens is 366 g/mol. The zero-order valence-corrected chi connectivity index (χ0v) is 17.4. The van der Waals surface area contributed by atoms with Crippen LogP contribution < -0.4 is 10.2 Å². The molecule has 29 heavy (non-hydrogen) atoms. The van der Waals surface area contributed by atoms with Gasteiger partial charge in [0.1, 0.15) is 5.70 Å². The number of ether oxygens (including phenoxy) is 1. The molecule has 1 N–H and O–H groups in total. The lowest BCUT2D eigenvalue weighted by molar-refractivity contribution is -0.136. The zero-order valence-electron chi connectivity index (χ0n) is 17.4. The Balaban J connectivity index is 1.95. The molecule has 0 unspecified atom stereocenters. The fourth-order valence-corrected chi connectivity index (χ4v) is 3.24. The summed E-state index contributed by atoms with van der Waals surface area (Å²) in [6, 6.07) is 15.4. The Hall–Kier alpha value is -3.12. The van der Waals surface area contributed by atoms with E-state index in [1.165, 1.54) is 4.90 Å². The number of anilines is 2. The fourth-order valence-electron chi connectivity index (χ4n) is 3.24. The minimum Gasteiger partial charge on any atom is -0.385 e. The third-order valence-electron chi connectivity index (χ3n) is 4.89. The Morgan fingerprint density at radius 3 is 2.21 bits per heavy atom. The van der Waals surface area contributed by atoms with E-state index in [2.05, 4.69) is 5.32 Å². The van der Waals surface area contributed by atoms with Crippen LogP contribution in [0.1, 0.15) is 17.5 Å². The van der Waals surface area contributed by atoms with Crippen molar-refractivity contribution in [3.05, 3.63) is 65.4 Å². The van der Waals surface area contributed by atoms with Crippen LogP contribution in [0, 0.1) is 6.92 Å². The summed E-state index contributed by atoms with van der Waals surface area (Å²) in [6.07, 6.45) is 0.597. The first-order chi connectivity index (χ1) is 13.9. The second-order valence-corrected chi connectivity index (χ2v) is 7.29. The van der Waals surface area contributed by atoms with Gasteiger partial charge in [0, 0.05) is 45.7 Å². The van der Waals surface area contributed by atoms with Gasteiger partial charge in [-0.25, -0.2) is 0 Å². The van der Waals surface area contributed by atoms with Gasteiger partial charge in [-0.2, -0.15) is 0 Å². The van der Waals surface area contributed by atoms with E-state index in [0.29, 0.717) is 30.8 Å². The number of rotatable bonds is 8. The minimum absolute atomic E-state index is 0.276. The fraction of sp³-hybridized carbons (Fsp3) is 0.304. The number of aryl methyl sites for hydroxylation is 1. The molecule has 1 aliphatic rings. The largest absolute Gasteiger partial charge is 0.385 e. The van der Waals surface area contributed by atoms with Crippen molar-refractivity contribution in [1.82, 2.24) is 4.90 Å². The average Bonchev–Trinajstić information content (AvgIpc) is 2.93. The predicted octanol–water partition coefficient (Wildman–Crippen LogP) is 3.29. The quantitative estimate of drug-likeness (QED) is 0.551. The first kappa shape index (κ1) is 20.6. The van der Waals surface area contributed by atoms with Crippen LogP contribution in [0.5, 0.6) is 0 Å². The summed E-state index contributed by atoms with van der Waals surface area (Å²) < 4.78 is 5.07. The number of hydrogen-bond donors (Lipinski definition) is 1. The molecule has 0 saturated carbocycles. The Bertz CT molecular complexity index is 915. The highest BCUT2D eigenvalue weighted by atomic mass is 16.5. The lowest BCUT2D eigenvalue weighted by atomic mass is 10.0. The van der Waals surface area contributed by atoms with Crippen LogP contribution in [0.25, 0.3) is 5.57 Å². The van der Waals surface area contributed by atoms with E-state index >= 15 is 0 Å². The molecule has 3 rings (SSSR count). The van der Waals surface area contributed by atoms with Gasteiger partial charge in [0.25, 0.3) is 11.8 Å². The zero-order chi connectivity index (χ0) is 21.0. The van der Waals surface area contributed by atoms with E-state index in [1.54, 1.807) is 7.11 Å². The molecule has 6 heteroatoms. The smallest absolute Gasteiger partial charge is 0.278 e. The monoisotopic (exact) mass is 393 g/mol. The number of carbonyl (C=O) groups excluding carboxylic acids is 2. The molecule has 2 aromatic carbocycles. The molecule has 0 aliphatic carbocycles. The van der Waals surface area contributed by atoms with E-state index < -0.39 is 0 Å². The van der Waals surface area contributed by atoms with Crippen molar-refractivity contribution in [1.29, 1.82) is 0 Å². The van der Waals surface area contributed by atoms with E-state index in [4.69, 9.17) is 4.74 Å². The van der Waals surface area contributed by atoms with E-state index in [1.807, 2.05) is 74.4 Å². The van der Waals surface area contributed by atoms with E-state index in [-0.39, 0.29) is 11.8 Å². The first-order valence-electron chi connectivity index (χ1n) is 9.63. The highest BCUT2D eigenvalue weighted by Gasteiger charge is 2.38. The lowest BCUT2D eigenvalue weighted by Gasteiger charge is -2.15. The summed E-state index contributed by atoms with van der Waals surface area (Å²) in [4.78, 5) is 29.5. The van der Waals surface area contributed by atoms with Gasteiger partial charge in [-0.05, 0) is 43.2 Å². The highest BCUT2D eigenvalue weighted by Crippen LogP contribution is 2.31. The summed E-state index contributed by atoms with van der Waals surface area (Å²) in [5.41, 5.74) is 4.36. The number of imide groups is 1. The van der Waals surface area contributed by atoms with Crippen molar-refractivity contribution >= 4 is 28.8 Å². The van der Waals surface area contributed by atoms with Gasteiger partial charge in [0.2, 0.25) is 0 Å².